The van der Waals surface area contributed by atoms with E-state index < -0.39 is 4.92 Å². The maximum Gasteiger partial charge on any atom is 0.270 e. The van der Waals surface area contributed by atoms with Crippen LogP contribution in [0.3, 0.4) is 0 Å². The molecule has 0 aliphatic rings. The van der Waals surface area contributed by atoms with Crippen LogP contribution in [0.2, 0.25) is 0 Å². The molecule has 1 heterocycles. The number of hydrogen-bond donors (Lipinski definition) is 1. The Morgan fingerprint density at radius 3 is 2.92 bits per heavy atom. The summed E-state index contributed by atoms with van der Waals surface area (Å²) in [7, 11) is 1.62. The van der Waals surface area contributed by atoms with Crippen molar-refractivity contribution in [2.75, 3.05) is 12.5 Å². The quantitative estimate of drug-likeness (QED) is 0.407. The van der Waals surface area contributed by atoms with E-state index in [1.54, 1.807) is 19.2 Å². The minimum atomic E-state index is -0.438. The SMILES string of the molecule is COc1cccc(-c2csc(N/N=C\c3cccc([N+](=O)[O-])c3)n2)c1. The maximum absolute atomic E-state index is 10.8. The molecule has 0 atom stereocenters. The van der Waals surface area contributed by atoms with Gasteiger partial charge < -0.3 is 4.74 Å². The summed E-state index contributed by atoms with van der Waals surface area (Å²) in [5, 5.41) is 17.4. The summed E-state index contributed by atoms with van der Waals surface area (Å²) in [6.45, 7) is 0. The van der Waals surface area contributed by atoms with Crippen LogP contribution in [0, 0.1) is 10.1 Å². The summed E-state index contributed by atoms with van der Waals surface area (Å²) in [5.74, 6) is 0.767. The number of rotatable bonds is 6. The van der Waals surface area contributed by atoms with Crippen molar-refractivity contribution >= 4 is 28.4 Å². The minimum Gasteiger partial charge on any atom is -0.497 e. The maximum atomic E-state index is 10.8. The van der Waals surface area contributed by atoms with Crippen LogP contribution in [0.4, 0.5) is 10.8 Å². The summed E-state index contributed by atoms with van der Waals surface area (Å²) in [6, 6.07) is 13.9. The van der Waals surface area contributed by atoms with Gasteiger partial charge in [-0.15, -0.1) is 11.3 Å². The first kappa shape index (κ1) is 16.6. The molecule has 0 saturated carbocycles. The molecule has 0 radical (unpaired) electrons. The number of thiazole rings is 1. The zero-order chi connectivity index (χ0) is 17.6. The van der Waals surface area contributed by atoms with E-state index in [0.29, 0.717) is 10.7 Å². The average Bonchev–Trinajstić information content (AvgIpc) is 3.11. The van der Waals surface area contributed by atoms with Crippen LogP contribution in [0.5, 0.6) is 5.75 Å². The second kappa shape index (κ2) is 7.54. The highest BCUT2D eigenvalue weighted by Gasteiger charge is 2.06. The van der Waals surface area contributed by atoms with E-state index in [1.807, 2.05) is 29.6 Å². The number of benzene rings is 2. The van der Waals surface area contributed by atoms with Crippen molar-refractivity contribution in [3.05, 3.63) is 69.6 Å². The van der Waals surface area contributed by atoms with Gasteiger partial charge in [-0.25, -0.2) is 4.98 Å². The Kier molecular flexibility index (Phi) is 5.00. The van der Waals surface area contributed by atoms with Crippen LogP contribution >= 0.6 is 11.3 Å². The fourth-order valence-corrected chi connectivity index (χ4v) is 2.79. The number of nitrogens with zero attached hydrogens (tertiary/aromatic N) is 3. The van der Waals surface area contributed by atoms with Crippen LogP contribution < -0.4 is 10.2 Å². The zero-order valence-electron chi connectivity index (χ0n) is 13.2. The molecule has 0 amide bonds. The second-order valence-electron chi connectivity index (χ2n) is 4.99. The van der Waals surface area contributed by atoms with E-state index in [2.05, 4.69) is 15.5 Å². The molecule has 7 nitrogen and oxygen atoms in total. The molecule has 8 heteroatoms. The first-order valence-corrected chi connectivity index (χ1v) is 8.17. The second-order valence-corrected chi connectivity index (χ2v) is 5.85. The van der Waals surface area contributed by atoms with Crippen LogP contribution in [-0.4, -0.2) is 23.2 Å². The summed E-state index contributed by atoms with van der Waals surface area (Å²) < 4.78 is 5.21. The van der Waals surface area contributed by atoms with Crippen molar-refractivity contribution in [3.8, 4) is 17.0 Å². The highest BCUT2D eigenvalue weighted by Crippen LogP contribution is 2.27. The fraction of sp³-hybridized carbons (Fsp3) is 0.0588. The molecule has 2 aromatic carbocycles. The van der Waals surface area contributed by atoms with Gasteiger partial charge >= 0.3 is 0 Å². The number of nitro benzene ring substituents is 1. The predicted molar refractivity (Wildman–Crippen MR) is 98.4 cm³/mol. The van der Waals surface area contributed by atoms with Crippen molar-refractivity contribution < 1.29 is 9.66 Å². The molecule has 126 valence electrons. The lowest BCUT2D eigenvalue weighted by molar-refractivity contribution is -0.384. The molecule has 0 aliphatic heterocycles. The Morgan fingerprint density at radius 2 is 2.12 bits per heavy atom. The Labute approximate surface area is 147 Å². The monoisotopic (exact) mass is 354 g/mol. The number of hydrogen-bond acceptors (Lipinski definition) is 7. The van der Waals surface area contributed by atoms with E-state index in [9.17, 15) is 10.1 Å². The third-order valence-electron chi connectivity index (χ3n) is 3.32. The number of hydrazone groups is 1. The lowest BCUT2D eigenvalue weighted by Crippen LogP contribution is -1.92. The third-order valence-corrected chi connectivity index (χ3v) is 4.07. The van der Waals surface area contributed by atoms with Gasteiger partial charge in [-0.3, -0.25) is 15.5 Å². The number of methoxy groups -OCH3 is 1. The molecule has 3 aromatic rings. The van der Waals surface area contributed by atoms with Crippen molar-refractivity contribution in [2.24, 2.45) is 5.10 Å². The molecule has 3 rings (SSSR count). The average molecular weight is 354 g/mol. The van der Waals surface area contributed by atoms with Crippen molar-refractivity contribution in [3.63, 3.8) is 0 Å². The number of ether oxygens (including phenoxy) is 1. The van der Waals surface area contributed by atoms with Gasteiger partial charge in [-0.05, 0) is 12.1 Å². The smallest absolute Gasteiger partial charge is 0.270 e. The highest BCUT2D eigenvalue weighted by molar-refractivity contribution is 7.14. The Balaban J connectivity index is 1.69. The van der Waals surface area contributed by atoms with Gasteiger partial charge in [0.2, 0.25) is 5.13 Å². The number of non-ortho nitro benzene ring substituents is 1. The molecule has 0 bridgehead atoms. The van der Waals surface area contributed by atoms with Gasteiger partial charge in [-0.1, -0.05) is 24.3 Å². The molecule has 0 fully saturated rings. The van der Waals surface area contributed by atoms with Gasteiger partial charge in [0.1, 0.15) is 5.75 Å². The number of aromatic nitrogens is 1. The summed E-state index contributed by atoms with van der Waals surface area (Å²) >= 11 is 1.42. The van der Waals surface area contributed by atoms with Crippen LogP contribution in [-0.2, 0) is 0 Å². The Bertz CT molecular complexity index is 924. The number of nitrogens with one attached hydrogen (secondary N) is 1. The summed E-state index contributed by atoms with van der Waals surface area (Å²) in [5.41, 5.74) is 5.26. The van der Waals surface area contributed by atoms with E-state index in [0.717, 1.165) is 17.0 Å². The normalized spacial score (nSPS) is 10.8. The number of nitro groups is 1. The topological polar surface area (TPSA) is 89.6 Å². The summed E-state index contributed by atoms with van der Waals surface area (Å²) in [4.78, 5) is 14.8. The zero-order valence-corrected chi connectivity index (χ0v) is 14.1. The van der Waals surface area contributed by atoms with Gasteiger partial charge in [-0.2, -0.15) is 5.10 Å². The van der Waals surface area contributed by atoms with Gasteiger partial charge in [0.15, 0.2) is 0 Å². The predicted octanol–water partition coefficient (Wildman–Crippen LogP) is 4.17. The largest absolute Gasteiger partial charge is 0.497 e. The standard InChI is InChI=1S/C17H14N4O3S/c1-24-15-7-3-5-13(9-15)16-11-25-17(19-16)20-18-10-12-4-2-6-14(8-12)21(22)23/h2-11H,1H3,(H,19,20)/b18-10-. The lowest BCUT2D eigenvalue weighted by atomic mass is 10.2. The third kappa shape index (κ3) is 4.18. The molecular weight excluding hydrogens is 340 g/mol. The molecule has 0 aliphatic carbocycles. The highest BCUT2D eigenvalue weighted by atomic mass is 32.1. The van der Waals surface area contributed by atoms with Crippen molar-refractivity contribution in [1.82, 2.24) is 4.98 Å². The van der Waals surface area contributed by atoms with Crippen LogP contribution in [0.15, 0.2) is 59.0 Å². The molecule has 0 unspecified atom stereocenters. The van der Waals surface area contributed by atoms with E-state index in [1.165, 1.54) is 29.7 Å². The fourth-order valence-electron chi connectivity index (χ4n) is 2.12. The van der Waals surface area contributed by atoms with Gasteiger partial charge in [0, 0.05) is 28.6 Å². The van der Waals surface area contributed by atoms with Gasteiger partial charge in [0.05, 0.1) is 23.9 Å². The summed E-state index contributed by atoms with van der Waals surface area (Å²) in [6.07, 6.45) is 1.51. The van der Waals surface area contributed by atoms with E-state index in [4.69, 9.17) is 4.74 Å². The molecule has 0 spiro atoms. The van der Waals surface area contributed by atoms with E-state index in [-0.39, 0.29) is 5.69 Å². The molecule has 0 saturated heterocycles. The van der Waals surface area contributed by atoms with Crippen molar-refractivity contribution in [2.45, 2.75) is 0 Å². The minimum absolute atomic E-state index is 0.0264. The Morgan fingerprint density at radius 1 is 1.28 bits per heavy atom. The van der Waals surface area contributed by atoms with Crippen LogP contribution in [0.1, 0.15) is 5.56 Å². The van der Waals surface area contributed by atoms with Gasteiger partial charge in [0.25, 0.3) is 5.69 Å². The first-order chi connectivity index (χ1) is 12.2. The van der Waals surface area contributed by atoms with Crippen LogP contribution in [0.25, 0.3) is 11.3 Å². The van der Waals surface area contributed by atoms with Crippen molar-refractivity contribution in [1.29, 1.82) is 0 Å². The molecule has 25 heavy (non-hydrogen) atoms. The Hall–Kier alpha value is -3.26. The molecule has 1 aromatic heterocycles. The van der Waals surface area contributed by atoms with E-state index >= 15 is 0 Å². The molecule has 1 N–H and O–H groups in total. The number of anilines is 1. The molecular formula is C17H14N4O3S. The first-order valence-electron chi connectivity index (χ1n) is 7.29. The lowest BCUT2D eigenvalue weighted by Gasteiger charge is -2.01.